The number of carbonyl (C=O) groups is 1. The minimum Gasteiger partial charge on any atom is -0.489 e. The minimum atomic E-state index is -0.766. The molecule has 1 aliphatic heterocycles. The number of thioether (sulfide) groups is 1. The van der Waals surface area contributed by atoms with E-state index in [1.807, 2.05) is 30.0 Å². The summed E-state index contributed by atoms with van der Waals surface area (Å²) in [4.78, 5) is 10.7. The molecule has 1 heterocycles. The third-order valence-electron chi connectivity index (χ3n) is 5.80. The Balaban J connectivity index is 1.47. The highest BCUT2D eigenvalue weighted by molar-refractivity contribution is 8.00. The van der Waals surface area contributed by atoms with Gasteiger partial charge >= 0.3 is 5.97 Å². The largest absolute Gasteiger partial charge is 0.489 e. The molecule has 3 rings (SSSR count). The quantitative estimate of drug-likeness (QED) is 0.500. The number of rotatable bonds is 9. The number of carboxylic acid groups (broad SMARTS) is 1. The fourth-order valence-electron chi connectivity index (χ4n) is 4.34. The van der Waals surface area contributed by atoms with Gasteiger partial charge in [0.2, 0.25) is 0 Å². The van der Waals surface area contributed by atoms with Crippen molar-refractivity contribution in [3.63, 3.8) is 0 Å². The summed E-state index contributed by atoms with van der Waals surface area (Å²) in [5.74, 6) is 0.253. The Labute approximate surface area is 181 Å². The second kappa shape index (κ2) is 10.7. The van der Waals surface area contributed by atoms with Crippen molar-refractivity contribution >= 4 is 29.3 Å². The van der Waals surface area contributed by atoms with Crippen molar-refractivity contribution in [1.82, 2.24) is 0 Å². The molecule has 2 fully saturated rings. The van der Waals surface area contributed by atoms with Crippen LogP contribution < -0.4 is 4.74 Å². The molecule has 7 heteroatoms. The Morgan fingerprint density at radius 2 is 2.14 bits per heavy atom. The van der Waals surface area contributed by atoms with Crippen LogP contribution in [0.4, 0.5) is 0 Å². The molecular formula is C22H29ClO5S. The van der Waals surface area contributed by atoms with Crippen LogP contribution in [0.5, 0.6) is 5.75 Å². The third kappa shape index (κ3) is 6.38. The molecule has 1 aromatic carbocycles. The Morgan fingerprint density at radius 3 is 2.90 bits per heavy atom. The number of fused-ring (bicyclic) bond motifs is 1. The average Bonchev–Trinajstić information content (AvgIpc) is 2.99. The molecule has 0 unspecified atom stereocenters. The van der Waals surface area contributed by atoms with Gasteiger partial charge < -0.3 is 20.1 Å². The summed E-state index contributed by atoms with van der Waals surface area (Å²) in [5, 5.41) is 31.0. The lowest BCUT2D eigenvalue weighted by atomic mass is 9.88. The topological polar surface area (TPSA) is 87.0 Å². The summed E-state index contributed by atoms with van der Waals surface area (Å²) in [6, 6.07) is 7.15. The standard InChI is InChI=1S/C22H29ClO5S/c23-18-5-1-2-6-20(18)28-13-14(24)8-10-16-17-11-9-15(4-3-7-22(26)27)29-21(17)12-19(16)25/h1-2,5-6,8,10,14-17,19,21,24-25H,3-4,7,9,11-13H2,(H,26,27)/t14-,15+,16-,17-,19-,21+/m1/s1. The number of hydrogen-bond donors (Lipinski definition) is 3. The number of aliphatic hydroxyl groups excluding tert-OH is 2. The predicted molar refractivity (Wildman–Crippen MR) is 116 cm³/mol. The maximum atomic E-state index is 10.7. The smallest absolute Gasteiger partial charge is 0.303 e. The number of halogens is 1. The van der Waals surface area contributed by atoms with Crippen LogP contribution in [-0.2, 0) is 4.79 Å². The van der Waals surface area contributed by atoms with Gasteiger partial charge in [-0.05, 0) is 50.2 Å². The van der Waals surface area contributed by atoms with Gasteiger partial charge in [0, 0.05) is 22.8 Å². The molecule has 2 aliphatic rings. The number of hydrogen-bond acceptors (Lipinski definition) is 5. The van der Waals surface area contributed by atoms with Gasteiger partial charge in [-0.15, -0.1) is 0 Å². The van der Waals surface area contributed by atoms with Crippen LogP contribution in [0.2, 0.25) is 5.02 Å². The second-order valence-corrected chi connectivity index (χ2v) is 9.85. The molecule has 3 N–H and O–H groups in total. The fraction of sp³-hybridized carbons (Fsp3) is 0.591. The van der Waals surface area contributed by atoms with Crippen molar-refractivity contribution < 1.29 is 24.9 Å². The van der Waals surface area contributed by atoms with Gasteiger partial charge in [-0.2, -0.15) is 11.8 Å². The van der Waals surface area contributed by atoms with Crippen LogP contribution in [0.1, 0.15) is 38.5 Å². The fourth-order valence-corrected chi connectivity index (χ4v) is 6.43. The lowest BCUT2D eigenvalue weighted by molar-refractivity contribution is -0.137. The molecule has 1 aromatic rings. The lowest BCUT2D eigenvalue weighted by Gasteiger charge is -2.33. The summed E-state index contributed by atoms with van der Waals surface area (Å²) in [6.07, 6.45) is 7.22. The lowest BCUT2D eigenvalue weighted by Crippen LogP contribution is -2.27. The zero-order chi connectivity index (χ0) is 20.8. The Hall–Kier alpha value is -1.21. The number of aliphatic hydroxyl groups is 2. The normalized spacial score (nSPS) is 30.2. The molecule has 29 heavy (non-hydrogen) atoms. The monoisotopic (exact) mass is 440 g/mol. The van der Waals surface area contributed by atoms with Gasteiger partial charge in [-0.3, -0.25) is 4.79 Å². The van der Waals surface area contributed by atoms with E-state index in [0.29, 0.717) is 33.6 Å². The van der Waals surface area contributed by atoms with Gasteiger partial charge in [0.05, 0.1) is 11.1 Å². The molecule has 1 saturated heterocycles. The maximum Gasteiger partial charge on any atom is 0.303 e. The van der Waals surface area contributed by atoms with Gasteiger partial charge in [0.15, 0.2) is 0 Å². The van der Waals surface area contributed by atoms with E-state index >= 15 is 0 Å². The molecule has 0 aromatic heterocycles. The summed E-state index contributed by atoms with van der Waals surface area (Å²) in [7, 11) is 0. The van der Waals surface area contributed by atoms with Crippen molar-refractivity contribution in [2.75, 3.05) is 6.61 Å². The van der Waals surface area contributed by atoms with E-state index in [1.165, 1.54) is 0 Å². The molecule has 0 radical (unpaired) electrons. The van der Waals surface area contributed by atoms with E-state index in [0.717, 1.165) is 25.7 Å². The number of carboxylic acids is 1. The summed E-state index contributed by atoms with van der Waals surface area (Å²) < 4.78 is 5.57. The molecule has 1 aliphatic carbocycles. The SMILES string of the molecule is O=C(O)CCC[C@H]1CC[C@@H]2[C@@H](C=C[C@@H](O)COc3ccccc3Cl)[C@H](O)C[C@@H]2S1. The van der Waals surface area contributed by atoms with E-state index in [9.17, 15) is 15.0 Å². The predicted octanol–water partition coefficient (Wildman–Crippen LogP) is 4.15. The summed E-state index contributed by atoms with van der Waals surface area (Å²) >= 11 is 7.97. The van der Waals surface area contributed by atoms with Gasteiger partial charge in [0.25, 0.3) is 0 Å². The first-order valence-corrected chi connectivity index (χ1v) is 11.5. The van der Waals surface area contributed by atoms with Crippen LogP contribution in [0.25, 0.3) is 0 Å². The zero-order valence-electron chi connectivity index (χ0n) is 16.3. The first kappa shape index (κ1) is 22.5. The van der Waals surface area contributed by atoms with E-state index in [1.54, 1.807) is 18.2 Å². The van der Waals surface area contributed by atoms with Crippen LogP contribution in [0, 0.1) is 11.8 Å². The van der Waals surface area contributed by atoms with Crippen molar-refractivity contribution in [2.45, 2.75) is 61.2 Å². The van der Waals surface area contributed by atoms with Crippen LogP contribution in [-0.4, -0.2) is 50.6 Å². The molecular weight excluding hydrogens is 412 g/mol. The zero-order valence-corrected chi connectivity index (χ0v) is 17.9. The molecule has 0 spiro atoms. The van der Waals surface area contributed by atoms with Crippen molar-refractivity contribution in [3.05, 3.63) is 41.4 Å². The van der Waals surface area contributed by atoms with Crippen molar-refractivity contribution in [1.29, 1.82) is 0 Å². The van der Waals surface area contributed by atoms with Gasteiger partial charge in [-0.1, -0.05) is 35.9 Å². The van der Waals surface area contributed by atoms with E-state index in [4.69, 9.17) is 21.4 Å². The van der Waals surface area contributed by atoms with E-state index in [2.05, 4.69) is 0 Å². The Morgan fingerprint density at radius 1 is 1.34 bits per heavy atom. The Kier molecular flexibility index (Phi) is 8.30. The highest BCUT2D eigenvalue weighted by Crippen LogP contribution is 2.49. The van der Waals surface area contributed by atoms with E-state index in [-0.39, 0.29) is 18.9 Å². The molecule has 5 nitrogen and oxygen atoms in total. The first-order valence-electron chi connectivity index (χ1n) is 10.2. The van der Waals surface area contributed by atoms with Gasteiger partial charge in [0.1, 0.15) is 18.5 Å². The summed E-state index contributed by atoms with van der Waals surface area (Å²) in [6.45, 7) is 0.109. The number of para-hydroxylation sites is 1. The highest BCUT2D eigenvalue weighted by Gasteiger charge is 2.44. The second-order valence-electron chi connectivity index (χ2n) is 7.90. The van der Waals surface area contributed by atoms with Gasteiger partial charge in [-0.25, -0.2) is 0 Å². The number of aliphatic carboxylic acids is 1. The third-order valence-corrected chi connectivity index (χ3v) is 7.86. The molecule has 0 bridgehead atoms. The average molecular weight is 441 g/mol. The van der Waals surface area contributed by atoms with Crippen molar-refractivity contribution in [3.8, 4) is 5.75 Å². The highest BCUT2D eigenvalue weighted by atomic mass is 35.5. The first-order chi connectivity index (χ1) is 13.9. The molecule has 160 valence electrons. The Bertz CT molecular complexity index is 712. The molecule has 1 saturated carbocycles. The molecule has 6 atom stereocenters. The van der Waals surface area contributed by atoms with E-state index < -0.39 is 18.2 Å². The van der Waals surface area contributed by atoms with Crippen LogP contribution in [0.15, 0.2) is 36.4 Å². The van der Waals surface area contributed by atoms with Crippen LogP contribution in [0.3, 0.4) is 0 Å². The minimum absolute atomic E-state index is 0.0439. The molecule has 0 amide bonds. The van der Waals surface area contributed by atoms with Crippen molar-refractivity contribution in [2.24, 2.45) is 11.8 Å². The number of benzene rings is 1. The maximum absolute atomic E-state index is 10.7. The van der Waals surface area contributed by atoms with Crippen LogP contribution >= 0.6 is 23.4 Å². The number of ether oxygens (including phenoxy) is 1. The summed E-state index contributed by atoms with van der Waals surface area (Å²) in [5.41, 5.74) is 0.